The van der Waals surface area contributed by atoms with Crippen molar-refractivity contribution in [3.8, 4) is 0 Å². The molecule has 1 aliphatic rings. The molecule has 0 bridgehead atoms. The Morgan fingerprint density at radius 2 is 1.88 bits per heavy atom. The van der Waals surface area contributed by atoms with Gasteiger partial charge in [-0.25, -0.2) is 8.78 Å². The molecule has 0 atom stereocenters. The normalized spacial score (nSPS) is 15.2. The van der Waals surface area contributed by atoms with E-state index in [1.807, 2.05) is 16.8 Å². The fourth-order valence-corrected chi connectivity index (χ4v) is 4.67. The van der Waals surface area contributed by atoms with Crippen molar-refractivity contribution in [1.82, 2.24) is 15.2 Å². The second kappa shape index (κ2) is 9.87. The molecule has 1 saturated carbocycles. The second-order valence-corrected chi connectivity index (χ2v) is 9.11. The van der Waals surface area contributed by atoms with Crippen LogP contribution in [0, 0.1) is 11.6 Å². The van der Waals surface area contributed by atoms with E-state index in [9.17, 15) is 18.4 Å². The van der Waals surface area contributed by atoms with Crippen LogP contribution in [0.5, 0.6) is 0 Å². The number of carbonyl (C=O) groups excluding carboxylic acids is 2. The molecule has 1 heterocycles. The minimum absolute atomic E-state index is 0.200. The van der Waals surface area contributed by atoms with Crippen LogP contribution >= 0.6 is 15.9 Å². The molecule has 0 aliphatic heterocycles. The van der Waals surface area contributed by atoms with Gasteiger partial charge in [0.25, 0.3) is 0 Å². The molecule has 2 aromatic carbocycles. The molecule has 33 heavy (non-hydrogen) atoms. The van der Waals surface area contributed by atoms with Crippen molar-refractivity contribution in [3.63, 3.8) is 0 Å². The van der Waals surface area contributed by atoms with E-state index in [0.29, 0.717) is 36.0 Å². The molecule has 2 N–H and O–H groups in total. The lowest BCUT2D eigenvalue weighted by Crippen LogP contribution is -2.57. The van der Waals surface area contributed by atoms with E-state index in [0.717, 1.165) is 23.7 Å². The maximum Gasteiger partial charge on any atom is 0.245 e. The van der Waals surface area contributed by atoms with Crippen molar-refractivity contribution in [2.24, 2.45) is 0 Å². The molecule has 2 amide bonds. The fourth-order valence-electron chi connectivity index (χ4n) is 4.28. The molecule has 1 fully saturated rings. The summed E-state index contributed by atoms with van der Waals surface area (Å²) in [6.07, 6.45) is 7.67. The summed E-state index contributed by atoms with van der Waals surface area (Å²) in [6.45, 7) is 0.918. The standard InChI is InChI=1S/C25H24BrF2N3O2/c26-20-15-17(3-6-21(20)28)4-8-23(32)30-25(10-1-2-11-25)24(33)29-12-14-31-13-9-18-16-19(27)5-7-22(18)31/h3-9,13,15-16H,1-2,10-12,14H2,(H,29,33)(H,30,32). The number of nitrogens with zero attached hydrogens (tertiary/aromatic N) is 1. The highest BCUT2D eigenvalue weighted by atomic mass is 79.9. The van der Waals surface area contributed by atoms with Crippen molar-refractivity contribution < 1.29 is 18.4 Å². The quantitative estimate of drug-likeness (QED) is 0.437. The van der Waals surface area contributed by atoms with Gasteiger partial charge in [0.15, 0.2) is 0 Å². The maximum atomic E-state index is 13.4. The van der Waals surface area contributed by atoms with Gasteiger partial charge in [-0.2, -0.15) is 0 Å². The first-order valence-corrected chi connectivity index (χ1v) is 11.6. The Bertz CT molecular complexity index is 1220. The van der Waals surface area contributed by atoms with Crippen LogP contribution in [0.3, 0.4) is 0 Å². The summed E-state index contributed by atoms with van der Waals surface area (Å²) in [5.74, 6) is -1.23. The summed E-state index contributed by atoms with van der Waals surface area (Å²) in [5, 5.41) is 6.65. The second-order valence-electron chi connectivity index (χ2n) is 8.25. The van der Waals surface area contributed by atoms with E-state index in [1.54, 1.807) is 24.3 Å². The molecule has 0 saturated heterocycles. The molecule has 1 aliphatic carbocycles. The van der Waals surface area contributed by atoms with Gasteiger partial charge >= 0.3 is 0 Å². The Morgan fingerprint density at radius 3 is 2.64 bits per heavy atom. The molecule has 3 aromatic rings. The highest BCUT2D eigenvalue weighted by molar-refractivity contribution is 9.10. The molecule has 0 unspecified atom stereocenters. The first kappa shape index (κ1) is 23.2. The summed E-state index contributed by atoms with van der Waals surface area (Å²) in [5.41, 5.74) is 0.626. The molecule has 1 aromatic heterocycles. The number of rotatable bonds is 7. The predicted octanol–water partition coefficient (Wildman–Crippen LogP) is 4.94. The van der Waals surface area contributed by atoms with Crippen LogP contribution in [0.25, 0.3) is 17.0 Å². The zero-order valence-corrected chi connectivity index (χ0v) is 19.5. The highest BCUT2D eigenvalue weighted by Gasteiger charge is 2.41. The molecule has 0 radical (unpaired) electrons. The number of amides is 2. The molecule has 5 nitrogen and oxygen atoms in total. The number of hydrogen-bond acceptors (Lipinski definition) is 2. The van der Waals surface area contributed by atoms with Crippen molar-refractivity contribution in [2.45, 2.75) is 37.8 Å². The van der Waals surface area contributed by atoms with Crippen LogP contribution < -0.4 is 10.6 Å². The minimum Gasteiger partial charge on any atom is -0.352 e. The predicted molar refractivity (Wildman–Crippen MR) is 127 cm³/mol. The average molecular weight is 516 g/mol. The fraction of sp³-hybridized carbons (Fsp3) is 0.280. The van der Waals surface area contributed by atoms with Crippen molar-refractivity contribution >= 4 is 44.7 Å². The zero-order valence-electron chi connectivity index (χ0n) is 17.9. The van der Waals surface area contributed by atoms with Crippen LogP contribution in [-0.4, -0.2) is 28.5 Å². The third-order valence-corrected chi connectivity index (χ3v) is 6.60. The van der Waals surface area contributed by atoms with Gasteiger partial charge in [-0.3, -0.25) is 9.59 Å². The number of halogens is 3. The van der Waals surface area contributed by atoms with Crippen LogP contribution in [0.4, 0.5) is 8.78 Å². The van der Waals surface area contributed by atoms with Crippen molar-refractivity contribution in [3.05, 3.63) is 76.4 Å². The highest BCUT2D eigenvalue weighted by Crippen LogP contribution is 2.30. The van der Waals surface area contributed by atoms with Gasteiger partial charge in [0, 0.05) is 36.3 Å². The number of hydrogen-bond donors (Lipinski definition) is 2. The van der Waals surface area contributed by atoms with E-state index in [4.69, 9.17) is 0 Å². The monoisotopic (exact) mass is 515 g/mol. The van der Waals surface area contributed by atoms with Gasteiger partial charge in [-0.15, -0.1) is 0 Å². The SMILES string of the molecule is O=C(C=Cc1ccc(F)c(Br)c1)NC1(C(=O)NCCn2ccc3cc(F)ccc32)CCCC1. The van der Waals surface area contributed by atoms with Gasteiger partial charge in [0.2, 0.25) is 11.8 Å². The number of nitrogens with one attached hydrogen (secondary N) is 2. The number of fused-ring (bicyclic) bond motifs is 1. The summed E-state index contributed by atoms with van der Waals surface area (Å²) in [7, 11) is 0. The number of benzene rings is 2. The van der Waals surface area contributed by atoms with Gasteiger partial charge in [0.05, 0.1) is 4.47 Å². The molecule has 0 spiro atoms. The van der Waals surface area contributed by atoms with Crippen LogP contribution in [0.2, 0.25) is 0 Å². The van der Waals surface area contributed by atoms with E-state index < -0.39 is 5.54 Å². The van der Waals surface area contributed by atoms with Crippen LogP contribution in [0.1, 0.15) is 31.2 Å². The lowest BCUT2D eigenvalue weighted by molar-refractivity contribution is -0.131. The van der Waals surface area contributed by atoms with Gasteiger partial charge < -0.3 is 15.2 Å². The zero-order chi connectivity index (χ0) is 23.4. The maximum absolute atomic E-state index is 13.4. The third kappa shape index (κ3) is 5.33. The Kier molecular flexibility index (Phi) is 6.93. The third-order valence-electron chi connectivity index (χ3n) is 6.00. The number of carbonyl (C=O) groups is 2. The molecule has 4 rings (SSSR count). The summed E-state index contributed by atoms with van der Waals surface area (Å²) in [6, 6.07) is 10.9. The van der Waals surface area contributed by atoms with Gasteiger partial charge in [-0.05, 0) is 76.8 Å². The lowest BCUT2D eigenvalue weighted by Gasteiger charge is -2.28. The molecular weight excluding hydrogens is 492 g/mol. The minimum atomic E-state index is -0.938. The summed E-state index contributed by atoms with van der Waals surface area (Å²) < 4.78 is 29.0. The molecular formula is C25H24BrF2N3O2. The molecule has 8 heteroatoms. The smallest absolute Gasteiger partial charge is 0.245 e. The summed E-state index contributed by atoms with van der Waals surface area (Å²) >= 11 is 3.13. The lowest BCUT2D eigenvalue weighted by atomic mass is 9.96. The first-order valence-electron chi connectivity index (χ1n) is 10.8. The Morgan fingerprint density at radius 1 is 1.09 bits per heavy atom. The van der Waals surface area contributed by atoms with E-state index in [1.165, 1.54) is 24.3 Å². The Balaban J connectivity index is 1.37. The van der Waals surface area contributed by atoms with E-state index in [-0.39, 0.29) is 23.4 Å². The Labute approximate surface area is 199 Å². The Hall–Kier alpha value is -3.00. The van der Waals surface area contributed by atoms with Crippen LogP contribution in [-0.2, 0) is 16.1 Å². The number of aromatic nitrogens is 1. The summed E-state index contributed by atoms with van der Waals surface area (Å²) in [4.78, 5) is 25.6. The average Bonchev–Trinajstić information content (AvgIpc) is 3.42. The topological polar surface area (TPSA) is 63.1 Å². The van der Waals surface area contributed by atoms with Crippen molar-refractivity contribution in [2.75, 3.05) is 6.54 Å². The van der Waals surface area contributed by atoms with Crippen molar-refractivity contribution in [1.29, 1.82) is 0 Å². The van der Waals surface area contributed by atoms with E-state index >= 15 is 0 Å². The van der Waals surface area contributed by atoms with E-state index in [2.05, 4.69) is 26.6 Å². The van der Waals surface area contributed by atoms with Crippen LogP contribution in [0.15, 0.2) is 59.2 Å². The largest absolute Gasteiger partial charge is 0.352 e. The van der Waals surface area contributed by atoms with Gasteiger partial charge in [-0.1, -0.05) is 18.9 Å². The van der Waals surface area contributed by atoms with Gasteiger partial charge in [0.1, 0.15) is 17.2 Å². The molecule has 172 valence electrons. The first-order chi connectivity index (χ1) is 15.9.